The highest BCUT2D eigenvalue weighted by molar-refractivity contribution is 5.94. The molecule has 6 nitrogen and oxygen atoms in total. The van der Waals surface area contributed by atoms with Gasteiger partial charge in [-0.1, -0.05) is 20.8 Å². The van der Waals surface area contributed by atoms with E-state index in [9.17, 15) is 10.1 Å². The second-order valence-electron chi connectivity index (χ2n) is 8.64. The van der Waals surface area contributed by atoms with Crippen molar-refractivity contribution in [3.8, 4) is 17.6 Å². The van der Waals surface area contributed by atoms with E-state index >= 15 is 0 Å². The third-order valence-corrected chi connectivity index (χ3v) is 6.80. The first-order valence-electron chi connectivity index (χ1n) is 9.43. The van der Waals surface area contributed by atoms with Crippen molar-refractivity contribution in [1.29, 1.82) is 5.26 Å². The summed E-state index contributed by atoms with van der Waals surface area (Å²) in [4.78, 5) is 15.0. The molecule has 0 spiro atoms. The standard InChI is InChI=1S/C21H29N3O3/c1-20(2)10-15-11-21(20,3)6-7-24(15)13-19(25)23-16-9-18(27-5)17(26-4)8-14(16)12-22/h8-9,15H,6-7,10-11,13H2,1-5H3,(H,23,25)/t15-,21-/m1/s1. The number of hydrogen-bond donors (Lipinski definition) is 1. The van der Waals surface area contributed by atoms with Crippen LogP contribution in [0.4, 0.5) is 5.69 Å². The molecule has 0 aromatic heterocycles. The van der Waals surface area contributed by atoms with Gasteiger partial charge in [-0.15, -0.1) is 0 Å². The highest BCUT2D eigenvalue weighted by Gasteiger charge is 2.53. The van der Waals surface area contributed by atoms with E-state index in [1.54, 1.807) is 12.1 Å². The number of nitriles is 1. The molecule has 1 saturated carbocycles. The average Bonchev–Trinajstić information content (AvgIpc) is 2.82. The summed E-state index contributed by atoms with van der Waals surface area (Å²) < 4.78 is 10.5. The molecule has 1 aliphatic heterocycles. The molecule has 0 unspecified atom stereocenters. The topological polar surface area (TPSA) is 74.6 Å². The Morgan fingerprint density at radius 1 is 1.26 bits per heavy atom. The molecular formula is C21H29N3O3. The lowest BCUT2D eigenvalue weighted by Crippen LogP contribution is -2.45. The lowest BCUT2D eigenvalue weighted by molar-refractivity contribution is -0.118. The van der Waals surface area contributed by atoms with Gasteiger partial charge in [-0.25, -0.2) is 0 Å². The Balaban J connectivity index is 1.71. The van der Waals surface area contributed by atoms with Crippen molar-refractivity contribution in [3.63, 3.8) is 0 Å². The molecule has 1 heterocycles. The summed E-state index contributed by atoms with van der Waals surface area (Å²) in [5, 5.41) is 12.3. The van der Waals surface area contributed by atoms with Gasteiger partial charge in [-0.3, -0.25) is 9.69 Å². The molecule has 2 fully saturated rings. The maximum absolute atomic E-state index is 12.7. The summed E-state index contributed by atoms with van der Waals surface area (Å²) in [5.41, 5.74) is 1.48. The Morgan fingerprint density at radius 3 is 2.56 bits per heavy atom. The smallest absolute Gasteiger partial charge is 0.238 e. The van der Waals surface area contributed by atoms with Crippen LogP contribution in [-0.4, -0.2) is 44.2 Å². The minimum Gasteiger partial charge on any atom is -0.493 e. The third kappa shape index (κ3) is 3.49. The van der Waals surface area contributed by atoms with E-state index in [0.717, 1.165) is 25.8 Å². The molecule has 6 heteroatoms. The zero-order chi connectivity index (χ0) is 19.8. The summed E-state index contributed by atoms with van der Waals surface area (Å²) >= 11 is 0. The zero-order valence-corrected chi connectivity index (χ0v) is 16.9. The average molecular weight is 371 g/mol. The van der Waals surface area contributed by atoms with Crippen LogP contribution in [0, 0.1) is 22.2 Å². The number of piperidine rings is 1. The van der Waals surface area contributed by atoms with E-state index in [4.69, 9.17) is 9.47 Å². The Hall–Kier alpha value is -2.26. The number of nitrogens with zero attached hydrogens (tertiary/aromatic N) is 2. The molecule has 1 N–H and O–H groups in total. The molecule has 1 aromatic carbocycles. The van der Waals surface area contributed by atoms with Gasteiger partial charge in [0, 0.05) is 18.2 Å². The molecular weight excluding hydrogens is 342 g/mol. The lowest BCUT2D eigenvalue weighted by atomic mass is 9.67. The fourth-order valence-electron chi connectivity index (χ4n) is 4.63. The van der Waals surface area contributed by atoms with Crippen LogP contribution in [0.1, 0.15) is 45.6 Å². The Kier molecular flexibility index (Phi) is 5.09. The molecule has 2 bridgehead atoms. The first-order valence-corrected chi connectivity index (χ1v) is 9.43. The number of amides is 1. The van der Waals surface area contributed by atoms with Crippen molar-refractivity contribution >= 4 is 11.6 Å². The number of nitrogens with one attached hydrogen (secondary N) is 1. The highest BCUT2D eigenvalue weighted by Crippen LogP contribution is 2.58. The fourth-order valence-corrected chi connectivity index (χ4v) is 4.63. The maximum atomic E-state index is 12.7. The molecule has 1 aliphatic carbocycles. The molecule has 27 heavy (non-hydrogen) atoms. The van der Waals surface area contributed by atoms with E-state index in [1.165, 1.54) is 14.2 Å². The SMILES string of the molecule is COc1cc(C#N)c(NC(=O)CN2CC[C@]3(C)C[C@H]2CC3(C)C)cc1OC. The predicted molar refractivity (Wildman–Crippen MR) is 104 cm³/mol. The molecule has 1 saturated heterocycles. The number of fused-ring (bicyclic) bond motifs is 2. The normalized spacial score (nSPS) is 26.3. The number of likely N-dealkylation sites (tertiary alicyclic amines) is 1. The second kappa shape index (κ2) is 7.05. The van der Waals surface area contributed by atoms with Crippen LogP contribution in [0.2, 0.25) is 0 Å². The van der Waals surface area contributed by atoms with Crippen molar-refractivity contribution in [1.82, 2.24) is 4.90 Å². The first kappa shape index (κ1) is 19.5. The number of hydrogen-bond acceptors (Lipinski definition) is 5. The van der Waals surface area contributed by atoms with Crippen molar-refractivity contribution in [3.05, 3.63) is 17.7 Å². The number of rotatable bonds is 5. The summed E-state index contributed by atoms with van der Waals surface area (Å²) in [7, 11) is 3.05. The van der Waals surface area contributed by atoms with Crippen molar-refractivity contribution in [2.45, 2.75) is 46.1 Å². The van der Waals surface area contributed by atoms with Gasteiger partial charge >= 0.3 is 0 Å². The molecule has 3 rings (SSSR count). The van der Waals surface area contributed by atoms with E-state index in [-0.39, 0.29) is 5.91 Å². The quantitative estimate of drug-likeness (QED) is 0.858. The summed E-state index contributed by atoms with van der Waals surface area (Å²) in [5.74, 6) is 0.848. The van der Waals surface area contributed by atoms with Gasteiger partial charge in [-0.2, -0.15) is 5.26 Å². The largest absolute Gasteiger partial charge is 0.493 e. The second-order valence-corrected chi connectivity index (χ2v) is 8.64. The summed E-state index contributed by atoms with van der Waals surface area (Å²) in [6.07, 6.45) is 3.38. The van der Waals surface area contributed by atoms with Crippen LogP contribution in [-0.2, 0) is 4.79 Å². The van der Waals surface area contributed by atoms with E-state index in [0.29, 0.717) is 46.2 Å². The minimum atomic E-state index is -0.105. The maximum Gasteiger partial charge on any atom is 0.238 e. The molecule has 0 radical (unpaired) electrons. The van der Waals surface area contributed by atoms with Crippen molar-refractivity contribution < 1.29 is 14.3 Å². The van der Waals surface area contributed by atoms with Crippen LogP contribution in [0.5, 0.6) is 11.5 Å². The number of carbonyl (C=O) groups excluding carboxylic acids is 1. The van der Waals surface area contributed by atoms with Gasteiger partial charge in [0.05, 0.1) is 32.0 Å². The summed E-state index contributed by atoms with van der Waals surface area (Å²) in [6.45, 7) is 8.36. The highest BCUT2D eigenvalue weighted by atomic mass is 16.5. The Bertz CT molecular complexity index is 782. The van der Waals surface area contributed by atoms with Gasteiger partial charge in [0.15, 0.2) is 11.5 Å². The molecule has 1 amide bonds. The van der Waals surface area contributed by atoms with E-state index < -0.39 is 0 Å². The fraction of sp³-hybridized carbons (Fsp3) is 0.619. The monoisotopic (exact) mass is 371 g/mol. The van der Waals surface area contributed by atoms with Crippen LogP contribution in [0.25, 0.3) is 0 Å². The van der Waals surface area contributed by atoms with Crippen molar-refractivity contribution in [2.24, 2.45) is 10.8 Å². The predicted octanol–water partition coefficient (Wildman–Crippen LogP) is 3.41. The number of benzene rings is 1. The molecule has 2 aliphatic rings. The summed E-state index contributed by atoms with van der Waals surface area (Å²) in [6, 6.07) is 5.78. The third-order valence-electron chi connectivity index (χ3n) is 6.80. The first-order chi connectivity index (χ1) is 12.7. The molecule has 146 valence electrons. The number of carbonyl (C=O) groups is 1. The van der Waals surface area contributed by atoms with E-state index in [1.807, 2.05) is 0 Å². The number of ether oxygens (including phenoxy) is 2. The number of anilines is 1. The molecule has 2 atom stereocenters. The van der Waals surface area contributed by atoms with Gasteiger partial charge in [0.2, 0.25) is 5.91 Å². The van der Waals surface area contributed by atoms with Crippen LogP contribution >= 0.6 is 0 Å². The van der Waals surface area contributed by atoms with Gasteiger partial charge in [-0.05, 0) is 36.6 Å². The Labute approximate surface area is 161 Å². The van der Waals surface area contributed by atoms with E-state index in [2.05, 4.69) is 37.1 Å². The van der Waals surface area contributed by atoms with Crippen LogP contribution in [0.3, 0.4) is 0 Å². The van der Waals surface area contributed by atoms with Crippen molar-refractivity contribution in [2.75, 3.05) is 32.6 Å². The van der Waals surface area contributed by atoms with Gasteiger partial charge < -0.3 is 14.8 Å². The van der Waals surface area contributed by atoms with Gasteiger partial charge in [0.1, 0.15) is 6.07 Å². The van der Waals surface area contributed by atoms with Crippen LogP contribution in [0.15, 0.2) is 12.1 Å². The van der Waals surface area contributed by atoms with Crippen LogP contribution < -0.4 is 14.8 Å². The zero-order valence-electron chi connectivity index (χ0n) is 16.9. The Morgan fingerprint density at radius 2 is 1.93 bits per heavy atom. The minimum absolute atomic E-state index is 0.105. The lowest BCUT2D eigenvalue weighted by Gasteiger charge is -2.41. The molecule has 1 aromatic rings. The number of methoxy groups -OCH3 is 2. The van der Waals surface area contributed by atoms with Gasteiger partial charge in [0.25, 0.3) is 0 Å².